The molecule has 0 aliphatic heterocycles. The van der Waals surface area contributed by atoms with Gasteiger partial charge >= 0.3 is 0 Å². The fourth-order valence-corrected chi connectivity index (χ4v) is 3.39. The fourth-order valence-electron chi connectivity index (χ4n) is 2.46. The van der Waals surface area contributed by atoms with Crippen LogP contribution in [0, 0.1) is 0 Å². The number of likely N-dealkylation sites (N-methyl/N-ethyl adjacent to an activating group) is 2. The molecule has 0 saturated carbocycles. The molecule has 1 aromatic rings. The van der Waals surface area contributed by atoms with Gasteiger partial charge in [0, 0.05) is 36.3 Å². The third-order valence-electron chi connectivity index (χ3n) is 4.19. The van der Waals surface area contributed by atoms with Crippen molar-refractivity contribution in [2.45, 2.75) is 45.1 Å². The van der Waals surface area contributed by atoms with Crippen LogP contribution in [0.1, 0.15) is 34.1 Å². The van der Waals surface area contributed by atoms with Gasteiger partial charge in [-0.15, -0.1) is 11.8 Å². The second-order valence-electron chi connectivity index (χ2n) is 5.48. The predicted octanol–water partition coefficient (Wildman–Crippen LogP) is 4.22. The molecule has 0 bridgehead atoms. The Bertz CT molecular complexity index is 355. The van der Waals surface area contributed by atoms with Crippen LogP contribution in [0.25, 0.3) is 0 Å². The van der Waals surface area contributed by atoms with Crippen LogP contribution in [-0.4, -0.2) is 54.3 Å². The number of nitrogens with zero attached hydrogens (tertiary/aromatic N) is 2. The lowest BCUT2D eigenvalue weighted by atomic mass is 10.2. The van der Waals surface area contributed by atoms with Crippen LogP contribution in [0.5, 0.6) is 0 Å². The summed E-state index contributed by atoms with van der Waals surface area (Å²) < 4.78 is 0. The van der Waals surface area contributed by atoms with Crippen LogP contribution in [0.3, 0.4) is 0 Å². The van der Waals surface area contributed by atoms with Gasteiger partial charge in [0.1, 0.15) is 0 Å². The van der Waals surface area contributed by atoms with Crippen molar-refractivity contribution < 1.29 is 0 Å². The Morgan fingerprint density at radius 2 is 1.67 bits per heavy atom. The maximum absolute atomic E-state index is 2.59. The zero-order valence-electron chi connectivity index (χ0n) is 14.2. The zero-order chi connectivity index (χ0) is 15.5. The van der Waals surface area contributed by atoms with Crippen molar-refractivity contribution in [1.82, 2.24) is 9.80 Å². The summed E-state index contributed by atoms with van der Waals surface area (Å²) in [5.41, 5.74) is 0. The summed E-state index contributed by atoms with van der Waals surface area (Å²) in [5, 5.41) is 0. The first kappa shape index (κ1) is 18.5. The standard InChI is InChI=1S/C18H32N2S/c1-5-17(4)20(7-3)14-13-19(6-2)15-16-21-18-11-9-8-10-12-18/h8-12,17H,5-7,13-16H2,1-4H3. The van der Waals surface area contributed by atoms with Crippen LogP contribution in [0.4, 0.5) is 0 Å². The van der Waals surface area contributed by atoms with Crippen LogP contribution in [-0.2, 0) is 0 Å². The molecule has 0 aliphatic rings. The third-order valence-corrected chi connectivity index (χ3v) is 5.18. The number of benzene rings is 1. The summed E-state index contributed by atoms with van der Waals surface area (Å²) in [6.45, 7) is 15.0. The molecule has 0 amide bonds. The molecular weight excluding hydrogens is 276 g/mol. The Morgan fingerprint density at radius 3 is 2.24 bits per heavy atom. The van der Waals surface area contributed by atoms with E-state index in [4.69, 9.17) is 0 Å². The van der Waals surface area contributed by atoms with Gasteiger partial charge in [-0.25, -0.2) is 0 Å². The van der Waals surface area contributed by atoms with E-state index >= 15 is 0 Å². The fraction of sp³-hybridized carbons (Fsp3) is 0.667. The second-order valence-corrected chi connectivity index (χ2v) is 6.65. The average Bonchev–Trinajstić information content (AvgIpc) is 2.54. The van der Waals surface area contributed by atoms with Crippen LogP contribution in [0.2, 0.25) is 0 Å². The second kappa shape index (κ2) is 11.1. The van der Waals surface area contributed by atoms with Gasteiger partial charge in [-0.05, 0) is 38.6 Å². The minimum Gasteiger partial charge on any atom is -0.302 e. The molecule has 0 aromatic heterocycles. The third kappa shape index (κ3) is 7.35. The molecule has 0 radical (unpaired) electrons. The van der Waals surface area contributed by atoms with Crippen molar-refractivity contribution in [1.29, 1.82) is 0 Å². The first-order chi connectivity index (χ1) is 10.2. The van der Waals surface area contributed by atoms with E-state index in [1.165, 1.54) is 36.7 Å². The van der Waals surface area contributed by atoms with Gasteiger partial charge in [-0.1, -0.05) is 39.0 Å². The highest BCUT2D eigenvalue weighted by Gasteiger charge is 2.11. The Morgan fingerprint density at radius 1 is 0.952 bits per heavy atom. The summed E-state index contributed by atoms with van der Waals surface area (Å²) in [5.74, 6) is 1.17. The number of hydrogen-bond donors (Lipinski definition) is 0. The SMILES string of the molecule is CCC(C)N(CC)CCN(CC)CCSc1ccccc1. The molecule has 0 saturated heterocycles. The minimum atomic E-state index is 0.701. The predicted molar refractivity (Wildman–Crippen MR) is 96.3 cm³/mol. The summed E-state index contributed by atoms with van der Waals surface area (Å²) in [6, 6.07) is 11.4. The number of thioether (sulfide) groups is 1. The van der Waals surface area contributed by atoms with E-state index in [-0.39, 0.29) is 0 Å². The molecule has 0 fully saturated rings. The van der Waals surface area contributed by atoms with Crippen molar-refractivity contribution in [3.05, 3.63) is 30.3 Å². The lowest BCUT2D eigenvalue weighted by molar-refractivity contribution is 0.178. The molecule has 21 heavy (non-hydrogen) atoms. The van der Waals surface area contributed by atoms with E-state index in [0.717, 1.165) is 13.1 Å². The van der Waals surface area contributed by atoms with E-state index in [2.05, 4.69) is 67.8 Å². The maximum atomic E-state index is 2.59. The number of rotatable bonds is 11. The molecule has 0 aliphatic carbocycles. The molecule has 2 nitrogen and oxygen atoms in total. The first-order valence-corrected chi connectivity index (χ1v) is 9.34. The van der Waals surface area contributed by atoms with Gasteiger partial charge in [0.2, 0.25) is 0 Å². The molecule has 120 valence electrons. The van der Waals surface area contributed by atoms with E-state index < -0.39 is 0 Å². The highest BCUT2D eigenvalue weighted by atomic mass is 32.2. The Kier molecular flexibility index (Phi) is 9.81. The largest absolute Gasteiger partial charge is 0.302 e. The molecule has 0 heterocycles. The quantitative estimate of drug-likeness (QED) is 0.565. The van der Waals surface area contributed by atoms with Gasteiger partial charge in [0.15, 0.2) is 0 Å². The van der Waals surface area contributed by atoms with Gasteiger partial charge in [-0.2, -0.15) is 0 Å². The van der Waals surface area contributed by atoms with Crippen molar-refractivity contribution in [2.75, 3.05) is 38.5 Å². The zero-order valence-corrected chi connectivity index (χ0v) is 15.0. The van der Waals surface area contributed by atoms with E-state index in [1.54, 1.807) is 0 Å². The average molecular weight is 309 g/mol. The van der Waals surface area contributed by atoms with Gasteiger partial charge < -0.3 is 4.90 Å². The Balaban J connectivity index is 2.28. The minimum absolute atomic E-state index is 0.701. The van der Waals surface area contributed by atoms with E-state index in [1.807, 2.05) is 11.8 Å². The topological polar surface area (TPSA) is 6.48 Å². The van der Waals surface area contributed by atoms with Gasteiger partial charge in [0.05, 0.1) is 0 Å². The molecule has 1 unspecified atom stereocenters. The molecule has 3 heteroatoms. The summed E-state index contributed by atoms with van der Waals surface area (Å²) >= 11 is 1.96. The smallest absolute Gasteiger partial charge is 0.0112 e. The number of hydrogen-bond acceptors (Lipinski definition) is 3. The van der Waals surface area contributed by atoms with Crippen molar-refractivity contribution >= 4 is 11.8 Å². The van der Waals surface area contributed by atoms with Gasteiger partial charge in [-0.3, -0.25) is 4.90 Å². The molecule has 0 spiro atoms. The van der Waals surface area contributed by atoms with E-state index in [0.29, 0.717) is 6.04 Å². The normalized spacial score (nSPS) is 13.0. The Labute approximate surface area is 135 Å². The van der Waals surface area contributed by atoms with Gasteiger partial charge in [0.25, 0.3) is 0 Å². The lowest BCUT2D eigenvalue weighted by Crippen LogP contribution is -2.40. The molecule has 1 aromatic carbocycles. The Hall–Kier alpha value is -0.510. The summed E-state index contributed by atoms with van der Waals surface area (Å²) in [7, 11) is 0. The monoisotopic (exact) mass is 308 g/mol. The van der Waals surface area contributed by atoms with Crippen LogP contribution < -0.4 is 0 Å². The van der Waals surface area contributed by atoms with Crippen molar-refractivity contribution in [2.24, 2.45) is 0 Å². The van der Waals surface area contributed by atoms with Crippen molar-refractivity contribution in [3.63, 3.8) is 0 Å². The van der Waals surface area contributed by atoms with Crippen LogP contribution in [0.15, 0.2) is 35.2 Å². The molecular formula is C18H32N2S. The maximum Gasteiger partial charge on any atom is 0.0112 e. The highest BCUT2D eigenvalue weighted by molar-refractivity contribution is 7.99. The summed E-state index contributed by atoms with van der Waals surface area (Å²) in [4.78, 5) is 6.54. The van der Waals surface area contributed by atoms with Crippen molar-refractivity contribution in [3.8, 4) is 0 Å². The molecule has 0 N–H and O–H groups in total. The molecule has 1 atom stereocenters. The summed E-state index contributed by atoms with van der Waals surface area (Å²) in [6.07, 6.45) is 1.24. The molecule has 1 rings (SSSR count). The van der Waals surface area contributed by atoms with Crippen LogP contribution >= 0.6 is 11.8 Å². The highest BCUT2D eigenvalue weighted by Crippen LogP contribution is 2.16. The van der Waals surface area contributed by atoms with E-state index in [9.17, 15) is 0 Å². The lowest BCUT2D eigenvalue weighted by Gasteiger charge is -2.30. The first-order valence-electron chi connectivity index (χ1n) is 8.35.